The first kappa shape index (κ1) is 24.1. The topological polar surface area (TPSA) is 66.5 Å². The summed E-state index contributed by atoms with van der Waals surface area (Å²) in [5.41, 5.74) is 4.72. The molecule has 5 nitrogen and oxygen atoms in total. The van der Waals surface area contributed by atoms with Gasteiger partial charge in [-0.1, -0.05) is 47.5 Å². The van der Waals surface area contributed by atoms with Crippen LogP contribution in [0.1, 0.15) is 32.6 Å². The third kappa shape index (κ3) is 6.03. The minimum atomic E-state index is -3.49. The molecule has 1 N–H and O–H groups in total. The van der Waals surface area contributed by atoms with E-state index in [-0.39, 0.29) is 19.0 Å². The number of hydrogen-bond acceptors (Lipinski definition) is 3. The third-order valence-corrected chi connectivity index (χ3v) is 6.90. The fourth-order valence-electron chi connectivity index (χ4n) is 3.15. The van der Waals surface area contributed by atoms with Crippen molar-refractivity contribution >= 4 is 44.8 Å². The molecule has 0 heterocycles. The van der Waals surface area contributed by atoms with Crippen LogP contribution in [0.15, 0.2) is 60.7 Å². The standard InChI is InChI=1S/C24H24Cl2N2O3S/c1-16-4-11-22(12-17(16)2)28(32(3,30)31)15-18-5-7-19(8-6-18)24(29)27-14-20-9-10-21(25)13-23(20)26/h4-13H,14-15H2,1-3H3,(H,27,29). The number of anilines is 1. The number of nitrogens with zero attached hydrogens (tertiary/aromatic N) is 1. The van der Waals surface area contributed by atoms with Gasteiger partial charge < -0.3 is 5.32 Å². The van der Waals surface area contributed by atoms with Gasteiger partial charge in [0.25, 0.3) is 5.91 Å². The Kier molecular flexibility index (Phi) is 7.49. The maximum atomic E-state index is 12.5. The lowest BCUT2D eigenvalue weighted by molar-refractivity contribution is 0.0951. The lowest BCUT2D eigenvalue weighted by Gasteiger charge is -2.23. The maximum Gasteiger partial charge on any atom is 0.251 e. The van der Waals surface area contributed by atoms with E-state index in [2.05, 4.69) is 5.32 Å². The largest absolute Gasteiger partial charge is 0.348 e. The van der Waals surface area contributed by atoms with E-state index in [0.717, 1.165) is 22.3 Å². The summed E-state index contributed by atoms with van der Waals surface area (Å²) in [5, 5.41) is 3.84. The second-order valence-corrected chi connectivity index (χ2v) is 10.4. The molecule has 3 aromatic carbocycles. The van der Waals surface area contributed by atoms with Crippen LogP contribution >= 0.6 is 23.2 Å². The van der Waals surface area contributed by atoms with Crippen LogP contribution in [0.2, 0.25) is 10.0 Å². The van der Waals surface area contributed by atoms with Crippen LogP contribution in [0.5, 0.6) is 0 Å². The van der Waals surface area contributed by atoms with E-state index in [1.165, 1.54) is 10.6 Å². The Hall–Kier alpha value is -2.54. The van der Waals surface area contributed by atoms with Crippen molar-refractivity contribution in [1.29, 1.82) is 0 Å². The van der Waals surface area contributed by atoms with Crippen molar-refractivity contribution in [3.05, 3.63) is 98.5 Å². The number of aryl methyl sites for hydroxylation is 2. The van der Waals surface area contributed by atoms with E-state index in [9.17, 15) is 13.2 Å². The van der Waals surface area contributed by atoms with Gasteiger partial charge in [0.05, 0.1) is 18.5 Å². The van der Waals surface area contributed by atoms with E-state index >= 15 is 0 Å². The van der Waals surface area contributed by atoms with Gasteiger partial charge in [0, 0.05) is 22.2 Å². The number of amides is 1. The zero-order chi connectivity index (χ0) is 23.5. The normalized spacial score (nSPS) is 11.3. The van der Waals surface area contributed by atoms with Crippen molar-refractivity contribution < 1.29 is 13.2 Å². The van der Waals surface area contributed by atoms with Crippen molar-refractivity contribution in [2.75, 3.05) is 10.6 Å². The molecule has 0 saturated heterocycles. The van der Waals surface area contributed by atoms with Crippen LogP contribution in [0.3, 0.4) is 0 Å². The molecular formula is C24H24Cl2N2O3S. The minimum absolute atomic E-state index is 0.170. The Bertz CT molecular complexity index is 1240. The second-order valence-electron chi connectivity index (χ2n) is 7.65. The van der Waals surface area contributed by atoms with E-state index in [4.69, 9.17) is 23.2 Å². The molecule has 168 valence electrons. The van der Waals surface area contributed by atoms with Gasteiger partial charge in [0.2, 0.25) is 10.0 Å². The number of nitrogens with one attached hydrogen (secondary N) is 1. The van der Waals surface area contributed by atoms with Crippen molar-refractivity contribution in [3.63, 3.8) is 0 Å². The van der Waals surface area contributed by atoms with Crippen molar-refractivity contribution in [3.8, 4) is 0 Å². The average molecular weight is 491 g/mol. The van der Waals surface area contributed by atoms with Crippen LogP contribution in [0.25, 0.3) is 0 Å². The monoisotopic (exact) mass is 490 g/mol. The van der Waals surface area contributed by atoms with Gasteiger partial charge in [-0.25, -0.2) is 8.42 Å². The molecule has 0 spiro atoms. The fourth-order valence-corrected chi connectivity index (χ4v) is 4.51. The van der Waals surface area contributed by atoms with Crippen LogP contribution < -0.4 is 9.62 Å². The van der Waals surface area contributed by atoms with Crippen molar-refractivity contribution in [1.82, 2.24) is 5.32 Å². The lowest BCUT2D eigenvalue weighted by Crippen LogP contribution is -2.29. The molecule has 1 amide bonds. The number of halogens is 2. The number of hydrogen-bond donors (Lipinski definition) is 1. The Morgan fingerprint density at radius 2 is 1.62 bits per heavy atom. The van der Waals surface area contributed by atoms with E-state index in [1.54, 1.807) is 48.5 Å². The Morgan fingerprint density at radius 1 is 0.938 bits per heavy atom. The van der Waals surface area contributed by atoms with Gasteiger partial charge in [0.15, 0.2) is 0 Å². The maximum absolute atomic E-state index is 12.5. The smallest absolute Gasteiger partial charge is 0.251 e. The summed E-state index contributed by atoms with van der Waals surface area (Å²) in [5.74, 6) is -0.253. The molecule has 32 heavy (non-hydrogen) atoms. The Morgan fingerprint density at radius 3 is 2.22 bits per heavy atom. The average Bonchev–Trinajstić information content (AvgIpc) is 2.73. The molecule has 0 atom stereocenters. The van der Waals surface area contributed by atoms with E-state index in [0.29, 0.717) is 21.3 Å². The molecule has 0 unspecified atom stereocenters. The molecule has 0 aliphatic carbocycles. The predicted molar refractivity (Wildman–Crippen MR) is 131 cm³/mol. The highest BCUT2D eigenvalue weighted by Crippen LogP contribution is 2.24. The summed E-state index contributed by atoms with van der Waals surface area (Å²) in [4.78, 5) is 12.5. The number of rotatable bonds is 7. The first-order valence-electron chi connectivity index (χ1n) is 9.90. The molecule has 0 saturated carbocycles. The summed E-state index contributed by atoms with van der Waals surface area (Å²) in [6.45, 7) is 4.37. The third-order valence-electron chi connectivity index (χ3n) is 5.18. The summed E-state index contributed by atoms with van der Waals surface area (Å²) in [7, 11) is -3.49. The van der Waals surface area contributed by atoms with Gasteiger partial charge in [-0.3, -0.25) is 9.10 Å². The van der Waals surface area contributed by atoms with Gasteiger partial charge in [0.1, 0.15) is 0 Å². The fraction of sp³-hybridized carbons (Fsp3) is 0.208. The van der Waals surface area contributed by atoms with Crippen LogP contribution in [-0.4, -0.2) is 20.6 Å². The second kappa shape index (κ2) is 9.94. The molecule has 0 aliphatic heterocycles. The predicted octanol–water partition coefficient (Wildman–Crippen LogP) is 5.51. The molecule has 8 heteroatoms. The van der Waals surface area contributed by atoms with Crippen molar-refractivity contribution in [2.24, 2.45) is 0 Å². The zero-order valence-electron chi connectivity index (χ0n) is 18.0. The first-order valence-corrected chi connectivity index (χ1v) is 12.5. The van der Waals surface area contributed by atoms with Crippen molar-refractivity contribution in [2.45, 2.75) is 26.9 Å². The zero-order valence-corrected chi connectivity index (χ0v) is 20.4. The number of carbonyl (C=O) groups is 1. The molecule has 3 rings (SSSR count). The molecule has 0 aliphatic rings. The van der Waals surface area contributed by atoms with Gasteiger partial charge in [-0.15, -0.1) is 0 Å². The Labute approximate surface area is 199 Å². The minimum Gasteiger partial charge on any atom is -0.348 e. The molecule has 0 aromatic heterocycles. The van der Waals surface area contributed by atoms with Gasteiger partial charge in [-0.05, 0) is 72.5 Å². The molecular weight excluding hydrogens is 467 g/mol. The number of sulfonamides is 1. The highest BCUT2D eigenvalue weighted by molar-refractivity contribution is 7.92. The molecule has 3 aromatic rings. The molecule has 0 bridgehead atoms. The quantitative estimate of drug-likeness (QED) is 0.474. The van der Waals surface area contributed by atoms with Gasteiger partial charge >= 0.3 is 0 Å². The summed E-state index contributed by atoms with van der Waals surface area (Å²) in [6, 6.07) is 17.5. The molecule has 0 fully saturated rings. The molecule has 0 radical (unpaired) electrons. The van der Waals surface area contributed by atoms with Gasteiger partial charge in [-0.2, -0.15) is 0 Å². The number of benzene rings is 3. The number of carbonyl (C=O) groups excluding carboxylic acids is 1. The summed E-state index contributed by atoms with van der Waals surface area (Å²) < 4.78 is 26.2. The summed E-state index contributed by atoms with van der Waals surface area (Å²) >= 11 is 12.0. The van der Waals surface area contributed by atoms with Crippen LogP contribution in [0, 0.1) is 13.8 Å². The first-order chi connectivity index (χ1) is 15.0. The lowest BCUT2D eigenvalue weighted by atomic mass is 10.1. The Balaban J connectivity index is 1.71. The van der Waals surface area contributed by atoms with E-state index in [1.807, 2.05) is 26.0 Å². The highest BCUT2D eigenvalue weighted by Gasteiger charge is 2.18. The highest BCUT2D eigenvalue weighted by atomic mass is 35.5. The van der Waals surface area contributed by atoms with E-state index < -0.39 is 10.0 Å². The van der Waals surface area contributed by atoms with Crippen LogP contribution in [0.4, 0.5) is 5.69 Å². The van der Waals surface area contributed by atoms with Crippen LogP contribution in [-0.2, 0) is 23.1 Å². The summed E-state index contributed by atoms with van der Waals surface area (Å²) in [6.07, 6.45) is 1.19. The SMILES string of the molecule is Cc1ccc(N(Cc2ccc(C(=O)NCc3ccc(Cl)cc3Cl)cc2)S(C)(=O)=O)cc1C.